The van der Waals surface area contributed by atoms with Crippen LogP contribution in [0.1, 0.15) is 11.1 Å². The zero-order valence-electron chi connectivity index (χ0n) is 8.36. The molecule has 0 saturated heterocycles. The van der Waals surface area contributed by atoms with Crippen molar-refractivity contribution >= 4 is 0 Å². The van der Waals surface area contributed by atoms with Gasteiger partial charge in [0.2, 0.25) is 0 Å². The molecule has 1 heterocycles. The molecule has 0 saturated carbocycles. The van der Waals surface area contributed by atoms with Crippen LogP contribution in [0.2, 0.25) is 0 Å². The molecule has 0 atom stereocenters. The predicted octanol–water partition coefficient (Wildman–Crippen LogP) is 2.13. The van der Waals surface area contributed by atoms with Gasteiger partial charge in [0, 0.05) is 25.5 Å². The van der Waals surface area contributed by atoms with Crippen LogP contribution >= 0.6 is 0 Å². The normalized spacial score (nSPS) is 10.5. The number of hydrogen-bond acceptors (Lipinski definition) is 1. The van der Waals surface area contributed by atoms with E-state index in [0.717, 1.165) is 17.7 Å². The molecule has 2 aromatic rings. The Kier molecular flexibility index (Phi) is 2.83. The molecule has 2 nitrogen and oxygen atoms in total. The Morgan fingerprint density at radius 2 is 1.80 bits per heavy atom. The molecule has 0 bridgehead atoms. The van der Waals surface area contributed by atoms with Crippen LogP contribution in [-0.2, 0) is 13.1 Å². The van der Waals surface area contributed by atoms with Crippen molar-refractivity contribution in [3.63, 3.8) is 0 Å². The lowest BCUT2D eigenvalue weighted by molar-refractivity contribution is 0.626. The lowest BCUT2D eigenvalue weighted by atomic mass is 10.2. The standard InChI is InChI=1S/C12H13FN2/c13-12-3-1-10(2-4-12)8-15-6-5-11(7-14)9-15/h1-6,9H,7-8,14H2. The molecule has 3 heteroatoms. The maximum absolute atomic E-state index is 12.7. The molecule has 0 aliphatic carbocycles. The third-order valence-corrected chi connectivity index (χ3v) is 2.33. The van der Waals surface area contributed by atoms with Crippen molar-refractivity contribution < 1.29 is 4.39 Å². The Morgan fingerprint density at radius 3 is 2.40 bits per heavy atom. The fourth-order valence-corrected chi connectivity index (χ4v) is 1.51. The van der Waals surface area contributed by atoms with Gasteiger partial charge >= 0.3 is 0 Å². The third kappa shape index (κ3) is 2.44. The highest BCUT2D eigenvalue weighted by atomic mass is 19.1. The molecule has 0 fully saturated rings. The van der Waals surface area contributed by atoms with E-state index in [1.165, 1.54) is 12.1 Å². The fourth-order valence-electron chi connectivity index (χ4n) is 1.51. The fraction of sp³-hybridized carbons (Fsp3) is 0.167. The number of nitrogens with zero attached hydrogens (tertiary/aromatic N) is 1. The first-order chi connectivity index (χ1) is 7.28. The molecule has 0 spiro atoms. The maximum Gasteiger partial charge on any atom is 0.123 e. The lowest BCUT2D eigenvalue weighted by Gasteiger charge is -2.02. The summed E-state index contributed by atoms with van der Waals surface area (Å²) in [5, 5.41) is 0. The molecule has 78 valence electrons. The highest BCUT2D eigenvalue weighted by Crippen LogP contribution is 2.07. The van der Waals surface area contributed by atoms with Crippen molar-refractivity contribution in [2.75, 3.05) is 0 Å². The van der Waals surface area contributed by atoms with Crippen molar-refractivity contribution in [2.45, 2.75) is 13.1 Å². The summed E-state index contributed by atoms with van der Waals surface area (Å²) in [6.07, 6.45) is 3.98. The molecule has 0 unspecified atom stereocenters. The summed E-state index contributed by atoms with van der Waals surface area (Å²) in [5.41, 5.74) is 7.70. The molecular weight excluding hydrogens is 191 g/mol. The van der Waals surface area contributed by atoms with E-state index in [0.29, 0.717) is 6.54 Å². The molecular formula is C12H13FN2. The molecule has 2 rings (SSSR count). The first-order valence-electron chi connectivity index (χ1n) is 4.87. The second-order valence-electron chi connectivity index (χ2n) is 3.52. The molecule has 1 aromatic carbocycles. The molecule has 0 radical (unpaired) electrons. The Bertz CT molecular complexity index is 431. The van der Waals surface area contributed by atoms with E-state index in [9.17, 15) is 4.39 Å². The van der Waals surface area contributed by atoms with Gasteiger partial charge in [-0.1, -0.05) is 12.1 Å². The van der Waals surface area contributed by atoms with E-state index >= 15 is 0 Å². The highest BCUT2D eigenvalue weighted by molar-refractivity contribution is 5.18. The van der Waals surface area contributed by atoms with Crippen molar-refractivity contribution in [2.24, 2.45) is 5.73 Å². The number of halogens is 1. The monoisotopic (exact) mass is 204 g/mol. The number of aromatic nitrogens is 1. The molecule has 1 aromatic heterocycles. The van der Waals surface area contributed by atoms with Gasteiger partial charge in [-0.3, -0.25) is 0 Å². The summed E-state index contributed by atoms with van der Waals surface area (Å²) >= 11 is 0. The zero-order valence-corrected chi connectivity index (χ0v) is 8.36. The zero-order chi connectivity index (χ0) is 10.7. The van der Waals surface area contributed by atoms with Crippen LogP contribution in [0.5, 0.6) is 0 Å². The number of benzene rings is 1. The van der Waals surface area contributed by atoms with E-state index in [-0.39, 0.29) is 5.82 Å². The van der Waals surface area contributed by atoms with Crippen LogP contribution in [0.3, 0.4) is 0 Å². The maximum atomic E-state index is 12.7. The Labute approximate surface area is 88.1 Å². The van der Waals surface area contributed by atoms with Gasteiger partial charge in [-0.2, -0.15) is 0 Å². The first-order valence-corrected chi connectivity index (χ1v) is 4.87. The van der Waals surface area contributed by atoms with Gasteiger partial charge in [-0.15, -0.1) is 0 Å². The second-order valence-corrected chi connectivity index (χ2v) is 3.52. The van der Waals surface area contributed by atoms with Crippen molar-refractivity contribution in [3.05, 3.63) is 59.7 Å². The molecule has 15 heavy (non-hydrogen) atoms. The minimum Gasteiger partial charge on any atom is -0.350 e. The predicted molar refractivity (Wildman–Crippen MR) is 57.8 cm³/mol. The molecule has 0 amide bonds. The number of hydrogen-bond donors (Lipinski definition) is 1. The van der Waals surface area contributed by atoms with E-state index in [2.05, 4.69) is 0 Å². The van der Waals surface area contributed by atoms with Gasteiger partial charge in [0.1, 0.15) is 5.82 Å². The molecule has 2 N–H and O–H groups in total. The van der Waals surface area contributed by atoms with E-state index in [1.54, 1.807) is 12.1 Å². The SMILES string of the molecule is NCc1ccn(Cc2ccc(F)cc2)c1. The van der Waals surface area contributed by atoms with Crippen LogP contribution in [0, 0.1) is 5.82 Å². The van der Waals surface area contributed by atoms with E-state index < -0.39 is 0 Å². The van der Waals surface area contributed by atoms with Crippen LogP contribution in [0.15, 0.2) is 42.7 Å². The summed E-state index contributed by atoms with van der Waals surface area (Å²) in [4.78, 5) is 0. The summed E-state index contributed by atoms with van der Waals surface area (Å²) in [6.45, 7) is 1.30. The average Bonchev–Trinajstić information content (AvgIpc) is 2.69. The molecule has 0 aliphatic rings. The minimum atomic E-state index is -0.200. The highest BCUT2D eigenvalue weighted by Gasteiger charge is 1.97. The Balaban J connectivity index is 2.11. The van der Waals surface area contributed by atoms with E-state index in [4.69, 9.17) is 5.73 Å². The topological polar surface area (TPSA) is 30.9 Å². The van der Waals surface area contributed by atoms with Crippen molar-refractivity contribution in [3.8, 4) is 0 Å². The second kappa shape index (κ2) is 4.28. The largest absolute Gasteiger partial charge is 0.350 e. The minimum absolute atomic E-state index is 0.200. The summed E-state index contributed by atoms with van der Waals surface area (Å²) in [5.74, 6) is -0.200. The molecule has 0 aliphatic heterocycles. The third-order valence-electron chi connectivity index (χ3n) is 2.33. The van der Waals surface area contributed by atoms with Gasteiger partial charge in [-0.05, 0) is 29.3 Å². The lowest BCUT2D eigenvalue weighted by Crippen LogP contribution is -1.97. The van der Waals surface area contributed by atoms with Gasteiger partial charge < -0.3 is 10.3 Å². The van der Waals surface area contributed by atoms with Crippen LogP contribution in [-0.4, -0.2) is 4.57 Å². The first kappa shape index (κ1) is 9.93. The summed E-state index contributed by atoms with van der Waals surface area (Å²) in [6, 6.07) is 8.52. The van der Waals surface area contributed by atoms with E-state index in [1.807, 2.05) is 23.0 Å². The number of nitrogens with two attached hydrogens (primary N) is 1. The van der Waals surface area contributed by atoms with Gasteiger partial charge in [0.15, 0.2) is 0 Å². The van der Waals surface area contributed by atoms with Crippen LogP contribution < -0.4 is 5.73 Å². The van der Waals surface area contributed by atoms with Gasteiger partial charge in [-0.25, -0.2) is 4.39 Å². The van der Waals surface area contributed by atoms with Crippen LogP contribution in [0.25, 0.3) is 0 Å². The van der Waals surface area contributed by atoms with Crippen molar-refractivity contribution in [1.82, 2.24) is 4.57 Å². The van der Waals surface area contributed by atoms with Gasteiger partial charge in [0.25, 0.3) is 0 Å². The number of rotatable bonds is 3. The quantitative estimate of drug-likeness (QED) is 0.815. The van der Waals surface area contributed by atoms with Crippen molar-refractivity contribution in [1.29, 1.82) is 0 Å². The average molecular weight is 204 g/mol. The Hall–Kier alpha value is -1.61. The summed E-state index contributed by atoms with van der Waals surface area (Å²) in [7, 11) is 0. The summed E-state index contributed by atoms with van der Waals surface area (Å²) < 4.78 is 14.7. The van der Waals surface area contributed by atoms with Crippen LogP contribution in [0.4, 0.5) is 4.39 Å². The smallest absolute Gasteiger partial charge is 0.123 e. The van der Waals surface area contributed by atoms with Gasteiger partial charge in [0.05, 0.1) is 0 Å². The Morgan fingerprint density at radius 1 is 1.07 bits per heavy atom.